The van der Waals surface area contributed by atoms with Crippen LogP contribution in [0.1, 0.15) is 85.6 Å². The summed E-state index contributed by atoms with van der Waals surface area (Å²) in [6.07, 6.45) is 3.06. The van der Waals surface area contributed by atoms with E-state index in [1.165, 1.54) is 18.3 Å². The molecule has 9 heteroatoms. The van der Waals surface area contributed by atoms with E-state index in [-0.39, 0.29) is 23.8 Å². The molecule has 1 aromatic rings. The van der Waals surface area contributed by atoms with Crippen LogP contribution >= 0.6 is 11.3 Å². The molecule has 0 bridgehead atoms. The van der Waals surface area contributed by atoms with E-state index in [4.69, 9.17) is 9.47 Å². The minimum Gasteiger partial charge on any atom is -0.458 e. The van der Waals surface area contributed by atoms with Crippen molar-refractivity contribution in [3.8, 4) is 0 Å². The van der Waals surface area contributed by atoms with Gasteiger partial charge in [0.2, 0.25) is 5.91 Å². The van der Waals surface area contributed by atoms with Gasteiger partial charge in [0.15, 0.2) is 0 Å². The first kappa shape index (κ1) is 27.1. The first-order chi connectivity index (χ1) is 15.2. The molecule has 1 aliphatic heterocycles. The highest BCUT2D eigenvalue weighted by Gasteiger charge is 2.51. The molecule has 0 radical (unpaired) electrons. The zero-order valence-electron chi connectivity index (χ0n) is 21.1. The van der Waals surface area contributed by atoms with E-state index in [9.17, 15) is 14.4 Å². The minimum atomic E-state index is -0.767. The van der Waals surface area contributed by atoms with Crippen molar-refractivity contribution >= 4 is 29.3 Å². The molecule has 0 spiro atoms. The summed E-state index contributed by atoms with van der Waals surface area (Å²) < 4.78 is 11.4. The maximum Gasteiger partial charge on any atom is 0.411 e. The van der Waals surface area contributed by atoms with Crippen LogP contribution in [-0.4, -0.2) is 57.7 Å². The molecular formula is C24H39N3O5S. The standard InChI is InChI=1S/C24H39N3O5S/c1-9-16(14-26-15(2)28)12-18-17(20-25-10-11-33-20)13-19(21(29)31-23(3,4)5)27(18)22(30)32-24(6,7)8/h10-11,16-19H,9,12-14H2,1-8H3,(H,26,28)/t16?,17-,18-,19-/m1/s1. The first-order valence-electron chi connectivity index (χ1n) is 11.6. The van der Waals surface area contributed by atoms with Crippen molar-refractivity contribution in [3.63, 3.8) is 0 Å². The number of nitrogens with zero attached hydrogens (tertiary/aromatic N) is 2. The molecule has 33 heavy (non-hydrogen) atoms. The number of ether oxygens (including phenoxy) is 2. The minimum absolute atomic E-state index is 0.0908. The number of likely N-dealkylation sites (tertiary alicyclic amines) is 1. The highest BCUT2D eigenvalue weighted by atomic mass is 32.1. The molecule has 1 fully saturated rings. The molecule has 4 atom stereocenters. The zero-order valence-corrected chi connectivity index (χ0v) is 22.0. The lowest BCUT2D eigenvalue weighted by molar-refractivity contribution is -0.160. The number of carbonyl (C=O) groups is 3. The molecule has 1 saturated heterocycles. The summed E-state index contributed by atoms with van der Waals surface area (Å²) in [7, 11) is 0. The summed E-state index contributed by atoms with van der Waals surface area (Å²) in [5.74, 6) is -0.524. The molecule has 186 valence electrons. The topological polar surface area (TPSA) is 97.8 Å². The van der Waals surface area contributed by atoms with Gasteiger partial charge in [-0.15, -0.1) is 11.3 Å². The lowest BCUT2D eigenvalue weighted by Crippen LogP contribution is -2.50. The van der Waals surface area contributed by atoms with Crippen molar-refractivity contribution < 1.29 is 23.9 Å². The number of carbonyl (C=O) groups excluding carboxylic acids is 3. The molecule has 1 aromatic heterocycles. The Labute approximate surface area is 201 Å². The van der Waals surface area contributed by atoms with Gasteiger partial charge in [0, 0.05) is 37.0 Å². The molecule has 0 aliphatic carbocycles. The largest absolute Gasteiger partial charge is 0.458 e. The Kier molecular flexibility index (Phi) is 8.90. The molecule has 0 saturated carbocycles. The summed E-state index contributed by atoms with van der Waals surface area (Å²) in [5.41, 5.74) is -1.39. The van der Waals surface area contributed by atoms with E-state index in [1.54, 1.807) is 11.1 Å². The van der Waals surface area contributed by atoms with Crippen molar-refractivity contribution in [2.45, 2.75) is 104 Å². The zero-order chi connectivity index (χ0) is 25.0. The van der Waals surface area contributed by atoms with Gasteiger partial charge in [0.05, 0.1) is 5.01 Å². The number of hydrogen-bond acceptors (Lipinski definition) is 7. The fourth-order valence-corrected chi connectivity index (χ4v) is 4.89. The predicted molar refractivity (Wildman–Crippen MR) is 128 cm³/mol. The second kappa shape index (κ2) is 10.8. The van der Waals surface area contributed by atoms with Crippen LogP contribution in [0.2, 0.25) is 0 Å². The molecule has 2 amide bonds. The molecule has 2 heterocycles. The van der Waals surface area contributed by atoms with Gasteiger partial charge in [-0.1, -0.05) is 13.3 Å². The Bertz CT molecular complexity index is 813. The molecule has 8 nitrogen and oxygen atoms in total. The Hall–Kier alpha value is -2.16. The monoisotopic (exact) mass is 481 g/mol. The lowest BCUT2D eigenvalue weighted by atomic mass is 9.89. The number of amides is 2. The summed E-state index contributed by atoms with van der Waals surface area (Å²) in [6.45, 7) is 14.9. The Balaban J connectivity index is 2.44. The quantitative estimate of drug-likeness (QED) is 0.576. The summed E-state index contributed by atoms with van der Waals surface area (Å²) in [6, 6.07) is -1.07. The van der Waals surface area contributed by atoms with Gasteiger partial charge < -0.3 is 14.8 Å². The van der Waals surface area contributed by atoms with Crippen LogP contribution in [0.25, 0.3) is 0 Å². The Morgan fingerprint density at radius 3 is 2.30 bits per heavy atom. The Morgan fingerprint density at radius 2 is 1.82 bits per heavy atom. The van der Waals surface area contributed by atoms with Crippen LogP contribution < -0.4 is 5.32 Å². The van der Waals surface area contributed by atoms with Crippen molar-refractivity contribution in [3.05, 3.63) is 16.6 Å². The summed E-state index contributed by atoms with van der Waals surface area (Å²) in [5, 5.41) is 5.67. The first-order valence-corrected chi connectivity index (χ1v) is 12.5. The second-order valence-electron chi connectivity index (χ2n) is 10.7. The molecule has 1 unspecified atom stereocenters. The number of nitrogens with one attached hydrogen (secondary N) is 1. The van der Waals surface area contributed by atoms with Gasteiger partial charge in [-0.05, 0) is 60.3 Å². The number of esters is 1. The van der Waals surface area contributed by atoms with Crippen LogP contribution in [0.5, 0.6) is 0 Å². The van der Waals surface area contributed by atoms with E-state index >= 15 is 0 Å². The fraction of sp³-hybridized carbons (Fsp3) is 0.750. The molecule has 1 aliphatic rings. The third-order valence-electron chi connectivity index (χ3n) is 5.48. The number of aromatic nitrogens is 1. The molecule has 2 rings (SSSR count). The van der Waals surface area contributed by atoms with Gasteiger partial charge in [-0.25, -0.2) is 14.6 Å². The molecule has 1 N–H and O–H groups in total. The van der Waals surface area contributed by atoms with Crippen LogP contribution in [0.3, 0.4) is 0 Å². The lowest BCUT2D eigenvalue weighted by Gasteiger charge is -2.35. The van der Waals surface area contributed by atoms with Crippen LogP contribution in [0.15, 0.2) is 11.6 Å². The van der Waals surface area contributed by atoms with Crippen molar-refractivity contribution in [2.24, 2.45) is 5.92 Å². The Morgan fingerprint density at radius 1 is 1.18 bits per heavy atom. The van der Waals surface area contributed by atoms with Crippen molar-refractivity contribution in [1.82, 2.24) is 15.2 Å². The van der Waals surface area contributed by atoms with Gasteiger partial charge in [0.25, 0.3) is 0 Å². The second-order valence-corrected chi connectivity index (χ2v) is 11.6. The van der Waals surface area contributed by atoms with E-state index in [2.05, 4.69) is 17.2 Å². The fourth-order valence-electron chi connectivity index (χ4n) is 4.08. The predicted octanol–water partition coefficient (Wildman–Crippen LogP) is 4.50. The van der Waals surface area contributed by atoms with Crippen LogP contribution in [0.4, 0.5) is 4.79 Å². The molecular weight excluding hydrogens is 442 g/mol. The summed E-state index contributed by atoms with van der Waals surface area (Å²) >= 11 is 1.52. The normalized spacial score (nSPS) is 22.1. The van der Waals surface area contributed by atoms with E-state index < -0.39 is 29.3 Å². The van der Waals surface area contributed by atoms with E-state index in [0.717, 1.165) is 11.4 Å². The third-order valence-corrected chi connectivity index (χ3v) is 6.39. The van der Waals surface area contributed by atoms with Crippen LogP contribution in [-0.2, 0) is 19.1 Å². The highest BCUT2D eigenvalue weighted by molar-refractivity contribution is 7.09. The van der Waals surface area contributed by atoms with Gasteiger partial charge in [0.1, 0.15) is 17.2 Å². The third kappa shape index (κ3) is 7.98. The maximum atomic E-state index is 13.4. The average molecular weight is 482 g/mol. The smallest absolute Gasteiger partial charge is 0.411 e. The average Bonchev–Trinajstić information content (AvgIpc) is 3.29. The number of thiazole rings is 1. The van der Waals surface area contributed by atoms with Gasteiger partial charge in [-0.3, -0.25) is 9.69 Å². The highest BCUT2D eigenvalue weighted by Crippen LogP contribution is 2.43. The summed E-state index contributed by atoms with van der Waals surface area (Å²) in [4.78, 5) is 44.2. The van der Waals surface area contributed by atoms with Crippen LogP contribution in [0, 0.1) is 5.92 Å². The van der Waals surface area contributed by atoms with Crippen molar-refractivity contribution in [1.29, 1.82) is 0 Å². The molecule has 0 aromatic carbocycles. The van der Waals surface area contributed by atoms with Gasteiger partial charge in [-0.2, -0.15) is 0 Å². The van der Waals surface area contributed by atoms with Crippen molar-refractivity contribution in [2.75, 3.05) is 6.54 Å². The number of rotatable bonds is 7. The maximum absolute atomic E-state index is 13.4. The SMILES string of the molecule is CCC(CNC(C)=O)C[C@@H]1[C@H](c2nccs2)C[C@H](C(=O)OC(C)(C)C)N1C(=O)OC(C)(C)C. The van der Waals surface area contributed by atoms with Gasteiger partial charge >= 0.3 is 12.1 Å². The van der Waals surface area contributed by atoms with E-state index in [0.29, 0.717) is 19.4 Å². The number of hydrogen-bond donors (Lipinski definition) is 1. The van der Waals surface area contributed by atoms with E-state index in [1.807, 2.05) is 46.9 Å².